The number of nitro benzene ring substituents is 1. The molecular formula is C90H149N7O21. The van der Waals surface area contributed by atoms with E-state index in [0.29, 0.717) is 64.0 Å². The van der Waals surface area contributed by atoms with Gasteiger partial charge >= 0.3 is 18.1 Å². The van der Waals surface area contributed by atoms with E-state index in [9.17, 15) is 38.9 Å². The number of epoxide rings is 6. The standard InChI is InChI=1S/2C28H48N2O6.C23H29NO8.C11H24N2O/c2*1-18(2)10-11-22-27(5,36-22)25-24(33-8)21(12-13-28(25)17-34-28)35-23(31)16-20(19(3)4)26(32)29-14-9-15-30(6)7;1-14(2)5-10-18-22(3,32-18)20-19(28-4)17(11-12-23(20)13-29-23)31-21(25)30-16-8-6-15(7-9-16)24(26)27;1-9(2)10(3)11(14)12-7-6-8-13(4)5/h2*10,19-22,24-25H,9,11-17H2,1-8H3,(H,29,32);5-10,14,17-20H,11-13H2,1-4H3;9-10H,6-8H2,1-5H3,(H,12,14)/b;;10-5+;/t20-,21-,22-,24-,25?,27-,28+;20-,21-,22-,24-,25-,27+,28+;17-,18-,19-,20?,22-,23+;10-/m1110/s1. The normalized spacial score (nSPS) is 32.0. The van der Waals surface area contributed by atoms with Gasteiger partial charge in [0.05, 0.1) is 79.4 Å². The van der Waals surface area contributed by atoms with E-state index in [1.54, 1.807) is 21.3 Å². The van der Waals surface area contributed by atoms with Crippen molar-refractivity contribution >= 4 is 41.5 Å². The van der Waals surface area contributed by atoms with Crippen LogP contribution in [0.15, 0.2) is 59.7 Å². The molecule has 9 fully saturated rings. The Morgan fingerprint density at radius 1 is 0.525 bits per heavy atom. The smallest absolute Gasteiger partial charge is 0.460 e. The van der Waals surface area contributed by atoms with E-state index in [4.69, 9.17) is 61.6 Å². The van der Waals surface area contributed by atoms with Crippen molar-refractivity contribution in [3.63, 3.8) is 0 Å². The number of amides is 3. The SMILES string of the molecule is CC(C)[C@H](C)C(=O)NCCCN(C)C.CO[C@@H]1[C@H](OC(=O)C[C@@H](C(=O)NCCCN(C)C)C(C)C)CC[C@]2(CO2)[C@H]1[C@@]1(C)O[C@@H]1CC=C(C)C.CO[C@H]1C([C@]2(C)O[C@@H]2/C=C/C(C)C)[C@]2(CC[C@H]1OC(=O)Oc1ccc([N+](=O)[O-])cc1)CO2.CO[C@H]1C([C@]2(C)O[C@@H]2CC=C(C)C)[C@]2(CC[C@H]1OC(=O)C[C@@H](C(=O)NCCCN(C)C)C(C)C)CO2. The number of rotatable bonds is 39. The molecule has 6 heterocycles. The van der Waals surface area contributed by atoms with Crippen LogP contribution in [0.25, 0.3) is 0 Å². The third-order valence-electron chi connectivity index (χ3n) is 25.3. The molecule has 1 aromatic carbocycles. The molecule has 118 heavy (non-hydrogen) atoms. The minimum Gasteiger partial charge on any atom is -0.460 e. The topological polar surface area (TPSA) is 331 Å². The minimum absolute atomic E-state index is 0.0157. The fourth-order valence-corrected chi connectivity index (χ4v) is 17.6. The third kappa shape index (κ3) is 27.5. The Kier molecular flexibility index (Phi) is 36.8. The maximum atomic E-state index is 13.1. The number of hydrogen-bond acceptors (Lipinski definition) is 24. The molecule has 3 amide bonds. The van der Waals surface area contributed by atoms with Gasteiger partial charge in [0.2, 0.25) is 17.7 Å². The first-order valence-corrected chi connectivity index (χ1v) is 43.3. The average molecular weight is 1670 g/mol. The Hall–Kier alpha value is -6.02. The number of nitro groups is 1. The zero-order valence-electron chi connectivity index (χ0n) is 76.0. The van der Waals surface area contributed by atoms with Gasteiger partial charge in [-0.15, -0.1) is 0 Å². The fourth-order valence-electron chi connectivity index (χ4n) is 17.6. The second-order valence-electron chi connectivity index (χ2n) is 37.5. The van der Waals surface area contributed by atoms with Crippen LogP contribution in [0.5, 0.6) is 5.75 Å². The zero-order valence-corrected chi connectivity index (χ0v) is 76.0. The molecule has 1 aromatic rings. The zero-order chi connectivity index (χ0) is 87.6. The summed E-state index contributed by atoms with van der Waals surface area (Å²) in [5.41, 5.74) is 0.396. The average Bonchev–Trinajstić information content (AvgIpc) is 1.54. The van der Waals surface area contributed by atoms with Gasteiger partial charge in [-0.2, -0.15) is 0 Å². The van der Waals surface area contributed by atoms with Crippen LogP contribution in [0.3, 0.4) is 0 Å². The molecule has 3 aliphatic carbocycles. The first-order valence-electron chi connectivity index (χ1n) is 43.3. The van der Waals surface area contributed by atoms with E-state index in [1.807, 2.05) is 76.9 Å². The molecule has 3 spiro atoms. The molecule has 3 N–H and O–H groups in total. The summed E-state index contributed by atoms with van der Waals surface area (Å²) in [5, 5.41) is 19.7. The van der Waals surface area contributed by atoms with E-state index in [-0.39, 0.29) is 160 Å². The predicted octanol–water partition coefficient (Wildman–Crippen LogP) is 12.1. The van der Waals surface area contributed by atoms with Gasteiger partial charge in [0, 0.05) is 59.0 Å². The van der Waals surface area contributed by atoms with Crippen molar-refractivity contribution in [1.29, 1.82) is 0 Å². The van der Waals surface area contributed by atoms with Gasteiger partial charge in [0.25, 0.3) is 5.69 Å². The second kappa shape index (κ2) is 43.8. The van der Waals surface area contributed by atoms with Gasteiger partial charge in [-0.05, 0) is 217 Å². The lowest BCUT2D eigenvalue weighted by Crippen LogP contribution is -2.55. The molecule has 2 unspecified atom stereocenters. The molecule has 9 aliphatic rings. The van der Waals surface area contributed by atoms with Gasteiger partial charge < -0.3 is 92.2 Å². The van der Waals surface area contributed by atoms with Crippen LogP contribution >= 0.6 is 0 Å². The number of hydrogen-bond donors (Lipinski definition) is 3. The summed E-state index contributed by atoms with van der Waals surface area (Å²) in [6.45, 7) is 39.7. The van der Waals surface area contributed by atoms with Crippen molar-refractivity contribution in [3.8, 4) is 5.75 Å². The van der Waals surface area contributed by atoms with Crippen molar-refractivity contribution < 1.29 is 95.3 Å². The number of carbonyl (C=O) groups is 6. The van der Waals surface area contributed by atoms with E-state index in [1.165, 1.54) is 35.4 Å². The van der Waals surface area contributed by atoms with E-state index >= 15 is 0 Å². The lowest BCUT2D eigenvalue weighted by molar-refractivity contribution is -0.384. The van der Waals surface area contributed by atoms with Crippen LogP contribution in [0.1, 0.15) is 194 Å². The molecule has 6 saturated heterocycles. The molecule has 0 radical (unpaired) electrons. The third-order valence-corrected chi connectivity index (χ3v) is 25.3. The number of nitrogens with one attached hydrogen (secondary N) is 3. The van der Waals surface area contributed by atoms with Crippen LogP contribution in [0.4, 0.5) is 10.5 Å². The maximum absolute atomic E-state index is 13.1. The minimum atomic E-state index is -0.879. The summed E-state index contributed by atoms with van der Waals surface area (Å²) in [4.78, 5) is 92.3. The Morgan fingerprint density at radius 3 is 1.19 bits per heavy atom. The van der Waals surface area contributed by atoms with Gasteiger partial charge in [-0.1, -0.05) is 97.8 Å². The number of methoxy groups -OCH3 is 3. The highest BCUT2D eigenvalue weighted by Crippen LogP contribution is 2.63. The number of allylic oxidation sites excluding steroid dienone is 3. The van der Waals surface area contributed by atoms with Crippen molar-refractivity contribution in [3.05, 3.63) is 69.8 Å². The number of benzene rings is 1. The lowest BCUT2D eigenvalue weighted by Gasteiger charge is -2.42. The number of carbonyl (C=O) groups excluding carboxylic acids is 6. The summed E-state index contributed by atoms with van der Waals surface area (Å²) in [6.07, 6.45) is 14.4. The molecule has 0 bridgehead atoms. The molecule has 10 rings (SSSR count). The van der Waals surface area contributed by atoms with Crippen LogP contribution in [-0.2, 0) is 80.8 Å². The summed E-state index contributed by atoms with van der Waals surface area (Å²) in [5.74, 6) is -0.486. The van der Waals surface area contributed by atoms with E-state index in [0.717, 1.165) is 77.5 Å². The van der Waals surface area contributed by atoms with Crippen LogP contribution in [0.2, 0.25) is 0 Å². The summed E-state index contributed by atoms with van der Waals surface area (Å²) in [6, 6.07) is 5.24. The molecule has 0 aromatic heterocycles. The largest absolute Gasteiger partial charge is 0.514 e. The summed E-state index contributed by atoms with van der Waals surface area (Å²) < 4.78 is 77.2. The summed E-state index contributed by atoms with van der Waals surface area (Å²) in [7, 11) is 17.1. The van der Waals surface area contributed by atoms with E-state index < -0.39 is 40.7 Å². The number of non-ortho nitro benzene ring substituents is 1. The maximum Gasteiger partial charge on any atom is 0.514 e. The number of nitrogens with zero attached hydrogens (tertiary/aromatic N) is 4. The quantitative estimate of drug-likeness (QED) is 0.00805. The van der Waals surface area contributed by atoms with Crippen molar-refractivity contribution in [1.82, 2.24) is 30.7 Å². The van der Waals surface area contributed by atoms with Gasteiger partial charge in [-0.25, -0.2) is 4.79 Å². The number of esters is 2. The Morgan fingerprint density at radius 2 is 0.881 bits per heavy atom. The highest BCUT2D eigenvalue weighted by atomic mass is 16.7. The number of ether oxygens (including phenoxy) is 13. The molecule has 28 heteroatoms. The summed E-state index contributed by atoms with van der Waals surface area (Å²) >= 11 is 0. The van der Waals surface area contributed by atoms with Crippen LogP contribution < -0.4 is 20.7 Å². The monoisotopic (exact) mass is 1660 g/mol. The molecule has 3 saturated carbocycles. The van der Waals surface area contributed by atoms with Crippen molar-refractivity contribution in [2.75, 3.05) is 123 Å². The Bertz CT molecular complexity index is 3380. The molecule has 21 atom stereocenters. The highest BCUT2D eigenvalue weighted by molar-refractivity contribution is 5.85. The first-order chi connectivity index (χ1) is 55.5. The van der Waals surface area contributed by atoms with Crippen molar-refractivity contribution in [2.24, 2.45) is 59.2 Å². The molecular weight excluding hydrogens is 1520 g/mol. The van der Waals surface area contributed by atoms with E-state index in [2.05, 4.69) is 131 Å². The second-order valence-corrected chi connectivity index (χ2v) is 37.5. The van der Waals surface area contributed by atoms with Gasteiger partial charge in [0.1, 0.15) is 82.1 Å². The Labute approximate surface area is 704 Å². The van der Waals surface area contributed by atoms with Crippen molar-refractivity contribution in [2.45, 2.75) is 283 Å². The lowest BCUT2D eigenvalue weighted by atomic mass is 9.68. The Balaban J connectivity index is 0.000000226. The molecule has 670 valence electrons. The van der Waals surface area contributed by atoms with Gasteiger partial charge in [-0.3, -0.25) is 34.1 Å². The molecule has 28 nitrogen and oxygen atoms in total. The fraction of sp³-hybridized carbons (Fsp3) is 0.800. The predicted molar refractivity (Wildman–Crippen MR) is 451 cm³/mol. The van der Waals surface area contributed by atoms with Gasteiger partial charge in [0.15, 0.2) is 0 Å². The highest BCUT2D eigenvalue weighted by Gasteiger charge is 2.75. The van der Waals surface area contributed by atoms with Crippen LogP contribution in [-0.4, -0.2) is 267 Å². The first kappa shape index (κ1) is 99.1. The van der Waals surface area contributed by atoms with Crippen LogP contribution in [0, 0.1) is 69.3 Å². The molecule has 6 aliphatic heterocycles.